The Bertz CT molecular complexity index is 740. The molecule has 0 saturated heterocycles. The number of carbonyl (C=O) groups is 2. The van der Waals surface area contributed by atoms with Crippen molar-refractivity contribution in [3.8, 4) is 5.75 Å². The van der Waals surface area contributed by atoms with Crippen molar-refractivity contribution in [2.45, 2.75) is 50.7 Å². The SMILES string of the molecule is CN1CCCC(=NCC(=O)CC(C)(C)S)c2ccc(OCCCC(=O)O)cc21. The minimum absolute atomic E-state index is 0.0880. The summed E-state index contributed by atoms with van der Waals surface area (Å²) in [5.74, 6) is -0.0165. The number of carboxylic acid groups (broad SMARTS) is 1. The summed E-state index contributed by atoms with van der Waals surface area (Å²) in [6.45, 7) is 5.29. The first-order valence-electron chi connectivity index (χ1n) is 9.63. The number of fused-ring (bicyclic) bond motifs is 1. The fourth-order valence-corrected chi connectivity index (χ4v) is 3.38. The van der Waals surface area contributed by atoms with Crippen molar-refractivity contribution in [2.24, 2.45) is 4.99 Å². The Kier molecular flexibility index (Phi) is 7.92. The van der Waals surface area contributed by atoms with Gasteiger partial charge in [0, 0.05) is 54.2 Å². The van der Waals surface area contributed by atoms with Gasteiger partial charge in [-0.15, -0.1) is 0 Å². The Morgan fingerprint density at radius 1 is 1.36 bits per heavy atom. The number of nitrogens with zero attached hydrogens (tertiary/aromatic N) is 2. The van der Waals surface area contributed by atoms with E-state index in [0.717, 1.165) is 36.3 Å². The number of ether oxygens (including phenoxy) is 1. The van der Waals surface area contributed by atoms with Crippen LogP contribution < -0.4 is 9.64 Å². The third kappa shape index (κ3) is 7.19. The second-order valence-electron chi connectivity index (χ2n) is 7.84. The Morgan fingerprint density at radius 2 is 2.11 bits per heavy atom. The molecule has 0 spiro atoms. The molecule has 2 rings (SSSR count). The van der Waals surface area contributed by atoms with Crippen molar-refractivity contribution in [3.05, 3.63) is 23.8 Å². The molecule has 0 fully saturated rings. The molecule has 1 heterocycles. The van der Waals surface area contributed by atoms with Crippen LogP contribution in [0, 0.1) is 0 Å². The molecule has 1 aromatic rings. The topological polar surface area (TPSA) is 79.2 Å². The number of aliphatic imine (C=N–C) groups is 1. The summed E-state index contributed by atoms with van der Waals surface area (Å²) in [7, 11) is 2.03. The average molecular weight is 407 g/mol. The van der Waals surface area contributed by atoms with Crippen molar-refractivity contribution in [1.82, 2.24) is 0 Å². The van der Waals surface area contributed by atoms with Crippen LogP contribution in [-0.4, -0.2) is 54.1 Å². The number of hydrogen-bond donors (Lipinski definition) is 2. The Hall–Kier alpha value is -2.02. The first kappa shape index (κ1) is 22.3. The highest BCUT2D eigenvalue weighted by atomic mass is 32.1. The molecular formula is C21H30N2O4S. The number of thiol groups is 1. The van der Waals surface area contributed by atoms with Crippen LogP contribution in [0.2, 0.25) is 0 Å². The summed E-state index contributed by atoms with van der Waals surface area (Å²) in [6.07, 6.45) is 2.75. The van der Waals surface area contributed by atoms with Crippen LogP contribution in [0.1, 0.15) is 51.5 Å². The molecule has 0 bridgehead atoms. The van der Waals surface area contributed by atoms with Gasteiger partial charge in [-0.1, -0.05) is 13.8 Å². The molecular weight excluding hydrogens is 376 g/mol. The maximum atomic E-state index is 12.2. The second kappa shape index (κ2) is 9.96. The fourth-order valence-electron chi connectivity index (χ4n) is 3.20. The van der Waals surface area contributed by atoms with Crippen LogP contribution in [-0.2, 0) is 9.59 Å². The minimum atomic E-state index is -0.818. The highest BCUT2D eigenvalue weighted by Crippen LogP contribution is 2.30. The number of benzene rings is 1. The number of carbonyl (C=O) groups excluding carboxylic acids is 1. The van der Waals surface area contributed by atoms with Gasteiger partial charge >= 0.3 is 5.97 Å². The number of anilines is 1. The molecule has 0 saturated carbocycles. The lowest BCUT2D eigenvalue weighted by atomic mass is 10.0. The van der Waals surface area contributed by atoms with E-state index >= 15 is 0 Å². The summed E-state index contributed by atoms with van der Waals surface area (Å²) in [5, 5.41) is 8.71. The molecule has 0 unspecified atom stereocenters. The van der Waals surface area contributed by atoms with Gasteiger partial charge in [-0.2, -0.15) is 12.6 Å². The van der Waals surface area contributed by atoms with E-state index in [0.29, 0.717) is 25.2 Å². The number of aliphatic carboxylic acids is 1. The van der Waals surface area contributed by atoms with Gasteiger partial charge in [0.15, 0.2) is 5.78 Å². The van der Waals surface area contributed by atoms with Gasteiger partial charge in [-0.25, -0.2) is 0 Å². The van der Waals surface area contributed by atoms with E-state index in [1.807, 2.05) is 39.1 Å². The van der Waals surface area contributed by atoms with Crippen molar-refractivity contribution in [3.63, 3.8) is 0 Å². The summed E-state index contributed by atoms with van der Waals surface area (Å²) in [5.41, 5.74) is 2.99. The molecule has 28 heavy (non-hydrogen) atoms. The lowest BCUT2D eigenvalue weighted by Gasteiger charge is -2.20. The molecule has 0 atom stereocenters. The quantitative estimate of drug-likeness (QED) is 0.484. The molecule has 1 aliphatic rings. The zero-order chi connectivity index (χ0) is 20.7. The normalized spacial score (nSPS) is 15.9. The van der Waals surface area contributed by atoms with Crippen molar-refractivity contribution < 1.29 is 19.4 Å². The Labute approximate surface area is 172 Å². The monoisotopic (exact) mass is 406 g/mol. The maximum Gasteiger partial charge on any atom is 0.303 e. The minimum Gasteiger partial charge on any atom is -0.494 e. The van der Waals surface area contributed by atoms with E-state index in [2.05, 4.69) is 22.5 Å². The summed E-state index contributed by atoms with van der Waals surface area (Å²) < 4.78 is 5.38. The third-order valence-corrected chi connectivity index (χ3v) is 4.64. The average Bonchev–Trinajstić information content (AvgIpc) is 2.74. The van der Waals surface area contributed by atoms with Crippen molar-refractivity contribution >= 4 is 35.8 Å². The van der Waals surface area contributed by atoms with E-state index in [-0.39, 0.29) is 23.5 Å². The highest BCUT2D eigenvalue weighted by molar-refractivity contribution is 7.81. The number of ketones is 1. The Balaban J connectivity index is 2.13. The van der Waals surface area contributed by atoms with Crippen LogP contribution in [0.4, 0.5) is 5.69 Å². The molecule has 1 aromatic carbocycles. The molecule has 0 aliphatic carbocycles. The van der Waals surface area contributed by atoms with Gasteiger partial charge < -0.3 is 14.7 Å². The summed E-state index contributed by atoms with van der Waals surface area (Å²) in [6, 6.07) is 5.83. The van der Waals surface area contributed by atoms with Crippen molar-refractivity contribution in [2.75, 3.05) is 31.6 Å². The molecule has 6 nitrogen and oxygen atoms in total. The smallest absolute Gasteiger partial charge is 0.303 e. The van der Waals surface area contributed by atoms with Crippen molar-refractivity contribution in [1.29, 1.82) is 0 Å². The first-order valence-corrected chi connectivity index (χ1v) is 10.1. The van der Waals surface area contributed by atoms with Gasteiger partial charge in [0.2, 0.25) is 0 Å². The predicted octanol–water partition coefficient (Wildman–Crippen LogP) is 3.62. The third-order valence-electron chi connectivity index (χ3n) is 4.48. The van der Waals surface area contributed by atoms with E-state index in [1.54, 1.807) is 0 Å². The predicted molar refractivity (Wildman–Crippen MR) is 115 cm³/mol. The fraction of sp³-hybridized carbons (Fsp3) is 0.571. The number of hydrogen-bond acceptors (Lipinski definition) is 6. The van der Waals surface area contributed by atoms with Gasteiger partial charge in [0.1, 0.15) is 5.75 Å². The standard InChI is InChI=1S/C21H30N2O4S/c1-21(2,28)13-15(24)14-22-18-6-4-10-23(3)19-12-16(8-9-17(18)19)27-11-5-7-20(25)26/h8-9,12,28H,4-7,10-11,13-14H2,1-3H3,(H,25,26). The zero-order valence-electron chi connectivity index (χ0n) is 16.9. The van der Waals surface area contributed by atoms with Crippen LogP contribution in [0.5, 0.6) is 5.75 Å². The van der Waals surface area contributed by atoms with E-state index in [1.165, 1.54) is 0 Å². The zero-order valence-corrected chi connectivity index (χ0v) is 17.8. The lowest BCUT2D eigenvalue weighted by molar-refractivity contribution is -0.137. The van der Waals surface area contributed by atoms with E-state index in [9.17, 15) is 9.59 Å². The maximum absolute atomic E-state index is 12.2. The molecule has 7 heteroatoms. The molecule has 0 aromatic heterocycles. The molecule has 0 amide bonds. The van der Waals surface area contributed by atoms with E-state index < -0.39 is 5.97 Å². The lowest BCUT2D eigenvalue weighted by Crippen LogP contribution is -2.19. The highest BCUT2D eigenvalue weighted by Gasteiger charge is 2.20. The van der Waals surface area contributed by atoms with Gasteiger partial charge in [0.25, 0.3) is 0 Å². The van der Waals surface area contributed by atoms with Crippen LogP contribution in [0.3, 0.4) is 0 Å². The largest absolute Gasteiger partial charge is 0.494 e. The van der Waals surface area contributed by atoms with Crippen LogP contribution >= 0.6 is 12.6 Å². The second-order valence-corrected chi connectivity index (χ2v) is 9.05. The van der Waals surface area contributed by atoms with Crippen LogP contribution in [0.25, 0.3) is 0 Å². The molecule has 0 radical (unpaired) electrons. The van der Waals surface area contributed by atoms with E-state index in [4.69, 9.17) is 9.84 Å². The van der Waals surface area contributed by atoms with Gasteiger partial charge in [-0.3, -0.25) is 14.6 Å². The molecule has 1 N–H and O–H groups in total. The van der Waals surface area contributed by atoms with Gasteiger partial charge in [0.05, 0.1) is 13.2 Å². The van der Waals surface area contributed by atoms with Crippen LogP contribution in [0.15, 0.2) is 23.2 Å². The number of rotatable bonds is 9. The number of carboxylic acids is 1. The Morgan fingerprint density at radius 3 is 2.79 bits per heavy atom. The van der Waals surface area contributed by atoms with Gasteiger partial charge in [-0.05, 0) is 31.4 Å². The first-order chi connectivity index (χ1) is 13.2. The molecule has 154 valence electrons. The molecule has 1 aliphatic heterocycles. The number of Topliss-reactive ketones (excluding diaryl/α,β-unsaturated/α-hetero) is 1. The summed E-state index contributed by atoms with van der Waals surface area (Å²) >= 11 is 4.42. The summed E-state index contributed by atoms with van der Waals surface area (Å²) in [4.78, 5) is 29.6.